The number of aromatic nitrogens is 2. The lowest BCUT2D eigenvalue weighted by Gasteiger charge is -2.18. The third-order valence-corrected chi connectivity index (χ3v) is 4.94. The number of benzene rings is 1. The van der Waals surface area contributed by atoms with Crippen molar-refractivity contribution in [2.45, 2.75) is 44.9 Å². The number of hydrogen-bond donors (Lipinski definition) is 1. The Morgan fingerprint density at radius 3 is 2.41 bits per heavy atom. The molecule has 1 aromatic carbocycles. The zero-order chi connectivity index (χ0) is 24.8. The number of anilines is 1. The largest absolute Gasteiger partial charge is 0.454 e. The van der Waals surface area contributed by atoms with E-state index in [1.165, 1.54) is 12.8 Å². The molecule has 2 N–H and O–H groups in total. The molecule has 2 saturated heterocycles. The van der Waals surface area contributed by atoms with Gasteiger partial charge in [0.2, 0.25) is 12.2 Å². The molecule has 3 heterocycles. The third kappa shape index (κ3) is 9.52. The highest BCUT2D eigenvalue weighted by atomic mass is 19.4. The summed E-state index contributed by atoms with van der Waals surface area (Å²) in [4.78, 5) is 17.4. The van der Waals surface area contributed by atoms with Crippen LogP contribution < -0.4 is 15.4 Å². The summed E-state index contributed by atoms with van der Waals surface area (Å²) in [6.07, 6.45) is 2.86. The summed E-state index contributed by atoms with van der Waals surface area (Å²) in [7, 11) is 0. The maximum Gasteiger partial charge on any atom is 0.451 e. The van der Waals surface area contributed by atoms with E-state index < -0.39 is 12.0 Å². The molecule has 1 aromatic heterocycles. The molecule has 34 heavy (non-hydrogen) atoms. The van der Waals surface area contributed by atoms with Crippen molar-refractivity contribution in [1.82, 2.24) is 9.97 Å². The van der Waals surface area contributed by atoms with Crippen molar-refractivity contribution < 1.29 is 32.2 Å². The molecule has 0 spiro atoms. The minimum atomic E-state index is -4.55. The van der Waals surface area contributed by atoms with Crippen LogP contribution in [0.2, 0.25) is 0 Å². The van der Waals surface area contributed by atoms with Crippen LogP contribution in [0.15, 0.2) is 36.7 Å². The Morgan fingerprint density at radius 2 is 1.85 bits per heavy atom. The number of ether oxygens (including phenoxy) is 3. The van der Waals surface area contributed by atoms with Gasteiger partial charge in [-0.1, -0.05) is 6.07 Å². The van der Waals surface area contributed by atoms with Gasteiger partial charge in [-0.05, 0) is 44.7 Å². The molecule has 1 amide bonds. The summed E-state index contributed by atoms with van der Waals surface area (Å²) >= 11 is 0. The van der Waals surface area contributed by atoms with Crippen molar-refractivity contribution >= 4 is 12.1 Å². The number of carbonyl (C=O) groups excluding carboxylic acids is 1. The van der Waals surface area contributed by atoms with Gasteiger partial charge in [-0.25, -0.2) is 9.97 Å². The lowest BCUT2D eigenvalue weighted by molar-refractivity contribution is -0.145. The number of nitrogens with two attached hydrogens (primary N) is 1. The van der Waals surface area contributed by atoms with Crippen LogP contribution in [0.5, 0.6) is 11.5 Å². The molecule has 1 atom stereocenters. The summed E-state index contributed by atoms with van der Waals surface area (Å²) in [5.41, 5.74) is 5.21. The predicted octanol–water partition coefficient (Wildman–Crippen LogP) is 4.19. The van der Waals surface area contributed by atoms with Gasteiger partial charge >= 0.3 is 6.18 Å². The number of carbonyl (C=O) groups is 1. The average Bonchev–Trinajstić information content (AvgIpc) is 3.53. The summed E-state index contributed by atoms with van der Waals surface area (Å²) in [6.45, 7) is 6.54. The molecular formula is C23H31F3N4O4. The van der Waals surface area contributed by atoms with E-state index in [-0.39, 0.29) is 12.2 Å². The van der Waals surface area contributed by atoms with Gasteiger partial charge in [-0.3, -0.25) is 4.79 Å². The number of rotatable bonds is 6. The van der Waals surface area contributed by atoms with E-state index in [0.29, 0.717) is 11.9 Å². The minimum Gasteiger partial charge on any atom is -0.454 e. The highest BCUT2D eigenvalue weighted by molar-refractivity contribution is 5.52. The quantitative estimate of drug-likeness (QED) is 0.614. The fourth-order valence-corrected chi connectivity index (χ4v) is 3.40. The number of halogens is 3. The number of hydrogen-bond acceptors (Lipinski definition) is 7. The topological polar surface area (TPSA) is 99.8 Å². The van der Waals surface area contributed by atoms with Gasteiger partial charge in [0.25, 0.3) is 0 Å². The molecule has 11 heteroatoms. The molecule has 0 bridgehead atoms. The van der Waals surface area contributed by atoms with Crippen molar-refractivity contribution in [2.75, 3.05) is 37.8 Å². The number of nitrogens with zero attached hydrogens (tertiary/aromatic N) is 3. The maximum atomic E-state index is 12.4. The first-order valence-corrected chi connectivity index (χ1v) is 11.1. The summed E-state index contributed by atoms with van der Waals surface area (Å²) in [5.74, 6) is -0.454. The molecule has 0 aliphatic carbocycles. The molecule has 2 aliphatic heterocycles. The summed E-state index contributed by atoms with van der Waals surface area (Å²) < 4.78 is 53.3. The van der Waals surface area contributed by atoms with Gasteiger partial charge < -0.3 is 24.8 Å². The fraction of sp³-hybridized carbons (Fsp3) is 0.522. The van der Waals surface area contributed by atoms with Gasteiger partial charge in [0, 0.05) is 38.1 Å². The van der Waals surface area contributed by atoms with E-state index in [1.807, 2.05) is 25.1 Å². The fourth-order valence-electron chi connectivity index (χ4n) is 3.40. The van der Waals surface area contributed by atoms with Crippen LogP contribution in [0, 0.1) is 0 Å². The van der Waals surface area contributed by atoms with Crippen LogP contribution in [-0.2, 0) is 20.4 Å². The second kappa shape index (κ2) is 14.4. The Kier molecular flexibility index (Phi) is 11.5. The van der Waals surface area contributed by atoms with E-state index in [0.717, 1.165) is 63.8 Å². The van der Waals surface area contributed by atoms with E-state index in [4.69, 9.17) is 19.0 Å². The van der Waals surface area contributed by atoms with Gasteiger partial charge in [-0.15, -0.1) is 0 Å². The summed E-state index contributed by atoms with van der Waals surface area (Å²) in [5, 5.41) is 0. The molecule has 4 rings (SSSR count). The Balaban J connectivity index is 0.000000283. The van der Waals surface area contributed by atoms with Gasteiger partial charge in [-0.2, -0.15) is 13.2 Å². The van der Waals surface area contributed by atoms with E-state index >= 15 is 0 Å². The van der Waals surface area contributed by atoms with Crippen LogP contribution in [0.4, 0.5) is 18.9 Å². The molecule has 0 radical (unpaired) electrons. The Morgan fingerprint density at radius 1 is 1.18 bits per heavy atom. The van der Waals surface area contributed by atoms with Crippen molar-refractivity contribution in [3.63, 3.8) is 0 Å². The zero-order valence-corrected chi connectivity index (χ0v) is 19.2. The normalized spacial score (nSPS) is 17.3. The van der Waals surface area contributed by atoms with E-state index in [1.54, 1.807) is 6.07 Å². The Bertz CT molecular complexity index is 841. The smallest absolute Gasteiger partial charge is 0.451 e. The first-order chi connectivity index (χ1) is 16.4. The lowest BCUT2D eigenvalue weighted by atomic mass is 10.2. The van der Waals surface area contributed by atoms with Crippen LogP contribution >= 0.6 is 0 Å². The second-order valence-electron chi connectivity index (χ2n) is 7.46. The highest BCUT2D eigenvalue weighted by Crippen LogP contribution is 2.29. The first-order valence-electron chi connectivity index (χ1n) is 11.1. The number of alkyl halides is 3. The van der Waals surface area contributed by atoms with Gasteiger partial charge in [0.1, 0.15) is 5.75 Å². The molecular weight excluding hydrogens is 453 g/mol. The van der Waals surface area contributed by atoms with Gasteiger partial charge in [0.15, 0.2) is 5.75 Å². The highest BCUT2D eigenvalue weighted by Gasteiger charge is 2.34. The van der Waals surface area contributed by atoms with Crippen molar-refractivity contribution in [1.29, 1.82) is 0 Å². The SMILES string of the molecule is CCOCC1CCCO1.FC(F)(F)c1ncc(Oc2cccc(N3CCCC3)c2)cn1.NC=O. The molecule has 2 fully saturated rings. The second-order valence-corrected chi connectivity index (χ2v) is 7.46. The molecule has 188 valence electrons. The lowest BCUT2D eigenvalue weighted by Crippen LogP contribution is -2.17. The Labute approximate surface area is 197 Å². The van der Waals surface area contributed by atoms with Crippen molar-refractivity contribution in [3.8, 4) is 11.5 Å². The van der Waals surface area contributed by atoms with Crippen LogP contribution in [0.1, 0.15) is 38.4 Å². The number of primary amides is 1. The molecule has 8 nitrogen and oxygen atoms in total. The summed E-state index contributed by atoms with van der Waals surface area (Å²) in [6, 6.07) is 7.45. The standard InChI is InChI=1S/C15H14F3N3O.C7H14O2.CH3NO/c16-15(17,18)14-19-9-13(10-20-14)22-12-5-3-4-11(8-12)21-6-1-2-7-21;1-2-8-6-7-4-3-5-9-7;2-1-3/h3-5,8-10H,1-2,6-7H2;7H,2-6H2,1H3;1H,(H2,2,3). The van der Waals surface area contributed by atoms with Crippen LogP contribution in [0.25, 0.3) is 0 Å². The molecule has 1 unspecified atom stereocenters. The van der Waals surface area contributed by atoms with Gasteiger partial charge in [0.05, 0.1) is 25.1 Å². The minimum absolute atomic E-state index is 0.173. The van der Waals surface area contributed by atoms with Crippen molar-refractivity contribution in [3.05, 3.63) is 42.5 Å². The predicted molar refractivity (Wildman–Crippen MR) is 121 cm³/mol. The maximum absolute atomic E-state index is 12.4. The molecule has 2 aromatic rings. The van der Waals surface area contributed by atoms with E-state index in [9.17, 15) is 13.2 Å². The Hall–Kier alpha value is -2.92. The average molecular weight is 485 g/mol. The molecule has 0 saturated carbocycles. The monoisotopic (exact) mass is 484 g/mol. The van der Waals surface area contributed by atoms with Crippen LogP contribution in [0.3, 0.4) is 0 Å². The van der Waals surface area contributed by atoms with Crippen LogP contribution in [-0.4, -0.2) is 55.4 Å². The van der Waals surface area contributed by atoms with Crippen molar-refractivity contribution in [2.24, 2.45) is 5.73 Å². The molecule has 2 aliphatic rings. The van der Waals surface area contributed by atoms with E-state index in [2.05, 4.69) is 20.6 Å². The number of amides is 1. The first kappa shape index (κ1) is 27.3. The zero-order valence-electron chi connectivity index (χ0n) is 19.2. The third-order valence-electron chi connectivity index (χ3n) is 4.94.